The van der Waals surface area contributed by atoms with Gasteiger partial charge in [-0.2, -0.15) is 0 Å². The van der Waals surface area contributed by atoms with E-state index in [0.717, 1.165) is 12.0 Å². The van der Waals surface area contributed by atoms with E-state index < -0.39 is 35.1 Å². The van der Waals surface area contributed by atoms with Crippen LogP contribution in [0.4, 0.5) is 9.18 Å². The molecule has 3 atom stereocenters. The second-order valence-corrected chi connectivity index (χ2v) is 14.0. The number of aromatic nitrogens is 2. The predicted molar refractivity (Wildman–Crippen MR) is 169 cm³/mol. The molecule has 0 saturated carbocycles. The Morgan fingerprint density at radius 2 is 1.76 bits per heavy atom. The molecule has 12 heteroatoms. The first-order valence-electron chi connectivity index (χ1n) is 15.5. The molecule has 1 N–H and O–H groups in total. The van der Waals surface area contributed by atoms with Gasteiger partial charge in [0.2, 0.25) is 11.8 Å². The molecule has 2 heterocycles. The maximum atomic E-state index is 14.1. The van der Waals surface area contributed by atoms with Crippen molar-refractivity contribution in [3.63, 3.8) is 0 Å². The Balaban J connectivity index is 1.78. The van der Waals surface area contributed by atoms with Crippen LogP contribution in [0.25, 0.3) is 0 Å². The van der Waals surface area contributed by atoms with Crippen molar-refractivity contribution in [2.75, 3.05) is 26.7 Å². The summed E-state index contributed by atoms with van der Waals surface area (Å²) in [7, 11) is 3.28. The van der Waals surface area contributed by atoms with Crippen molar-refractivity contribution < 1.29 is 28.3 Å². The fourth-order valence-corrected chi connectivity index (χ4v) is 5.19. The molecule has 0 bridgehead atoms. The van der Waals surface area contributed by atoms with Gasteiger partial charge in [0.15, 0.2) is 0 Å². The molecule has 11 nitrogen and oxygen atoms in total. The zero-order valence-electron chi connectivity index (χ0n) is 28.1. The monoisotopic (exact) mass is 628 g/mol. The third-order valence-corrected chi connectivity index (χ3v) is 7.93. The minimum Gasteiger partial charge on any atom is -0.444 e. The van der Waals surface area contributed by atoms with E-state index in [-0.39, 0.29) is 30.2 Å². The summed E-state index contributed by atoms with van der Waals surface area (Å²) in [4.78, 5) is 62.6. The first-order valence-corrected chi connectivity index (χ1v) is 15.5. The highest BCUT2D eigenvalue weighted by atomic mass is 19.1. The third-order valence-electron chi connectivity index (χ3n) is 7.93. The van der Waals surface area contributed by atoms with Crippen LogP contribution in [0.3, 0.4) is 0 Å². The number of aryl methyl sites for hydroxylation is 1. The SMILES string of the molecule is C[C@@H](C(=O)N[C@H](C(=O)N1CCC[C@H]1CN(CCc1ccc(F)cc1)C(=O)c1cn(C)cn1)C(C)(C)C)N(C)C(=O)OC(C)(C)C. The fraction of sp³-hybridized carbons (Fsp3) is 0.606. The number of halogens is 1. The van der Waals surface area contributed by atoms with Crippen LogP contribution >= 0.6 is 0 Å². The Hall–Kier alpha value is -3.96. The topological polar surface area (TPSA) is 117 Å². The van der Waals surface area contributed by atoms with Crippen molar-refractivity contribution in [1.82, 2.24) is 29.6 Å². The average molecular weight is 629 g/mol. The lowest BCUT2D eigenvalue weighted by Gasteiger charge is -2.38. The van der Waals surface area contributed by atoms with Gasteiger partial charge in [-0.1, -0.05) is 32.9 Å². The van der Waals surface area contributed by atoms with Crippen LogP contribution in [0.2, 0.25) is 0 Å². The Morgan fingerprint density at radius 1 is 1.11 bits per heavy atom. The number of rotatable bonds is 10. The lowest BCUT2D eigenvalue weighted by atomic mass is 9.85. The first kappa shape index (κ1) is 35.5. The Morgan fingerprint density at radius 3 is 2.31 bits per heavy atom. The van der Waals surface area contributed by atoms with Crippen molar-refractivity contribution in [3.8, 4) is 0 Å². The van der Waals surface area contributed by atoms with Crippen LogP contribution in [0, 0.1) is 11.2 Å². The predicted octanol–water partition coefficient (Wildman–Crippen LogP) is 4.02. The van der Waals surface area contributed by atoms with E-state index in [1.807, 2.05) is 20.8 Å². The molecule has 1 fully saturated rings. The van der Waals surface area contributed by atoms with Crippen molar-refractivity contribution in [2.24, 2.45) is 12.5 Å². The van der Waals surface area contributed by atoms with Crippen LogP contribution in [0.1, 0.15) is 77.4 Å². The summed E-state index contributed by atoms with van der Waals surface area (Å²) in [6, 6.07) is 4.14. The standard InChI is InChI=1S/C33H49FN6O5/c1-22(38(9)31(44)45-33(5,6)7)28(41)36-27(32(2,3)4)30(43)40-17-10-11-25(40)19-39(29(42)26-20-37(8)21-35-26)18-16-23-12-14-24(34)15-13-23/h12-15,20-22,25,27H,10-11,16-19H2,1-9H3,(H,36,41)/t22-,25-,27+/m0/s1. The molecule has 1 aliphatic rings. The van der Waals surface area contributed by atoms with Gasteiger partial charge in [-0.15, -0.1) is 0 Å². The normalized spacial score (nSPS) is 16.6. The summed E-state index contributed by atoms with van der Waals surface area (Å²) in [5.74, 6) is -1.30. The van der Waals surface area contributed by atoms with Gasteiger partial charge < -0.3 is 24.4 Å². The van der Waals surface area contributed by atoms with E-state index in [1.54, 1.807) is 73.8 Å². The van der Waals surface area contributed by atoms with E-state index in [1.165, 1.54) is 24.1 Å². The summed E-state index contributed by atoms with van der Waals surface area (Å²) in [6.45, 7) is 13.6. The molecule has 0 radical (unpaired) electrons. The quantitative estimate of drug-likeness (QED) is 0.425. The van der Waals surface area contributed by atoms with Crippen LogP contribution in [-0.4, -0.2) is 98.5 Å². The first-order chi connectivity index (χ1) is 20.9. The number of benzene rings is 1. The molecule has 1 saturated heterocycles. The van der Waals surface area contributed by atoms with Gasteiger partial charge in [0.1, 0.15) is 29.2 Å². The number of hydrogen-bond acceptors (Lipinski definition) is 6. The number of amides is 4. The molecule has 4 amide bonds. The van der Waals surface area contributed by atoms with Crippen molar-refractivity contribution in [3.05, 3.63) is 53.9 Å². The van der Waals surface area contributed by atoms with Crippen LogP contribution < -0.4 is 5.32 Å². The molecule has 3 rings (SSSR count). The van der Waals surface area contributed by atoms with Gasteiger partial charge >= 0.3 is 6.09 Å². The van der Waals surface area contributed by atoms with Crippen molar-refractivity contribution >= 4 is 23.8 Å². The van der Waals surface area contributed by atoms with Crippen LogP contribution in [0.5, 0.6) is 0 Å². The lowest BCUT2D eigenvalue weighted by molar-refractivity contribution is -0.141. The summed E-state index contributed by atoms with van der Waals surface area (Å²) in [6.07, 6.45) is 4.53. The van der Waals surface area contributed by atoms with E-state index >= 15 is 0 Å². The highest BCUT2D eigenvalue weighted by Crippen LogP contribution is 2.27. The molecule has 0 spiro atoms. The summed E-state index contributed by atoms with van der Waals surface area (Å²) < 4.78 is 20.6. The zero-order chi connectivity index (χ0) is 33.7. The van der Waals surface area contributed by atoms with Crippen molar-refractivity contribution in [2.45, 2.75) is 91.5 Å². The summed E-state index contributed by atoms with van der Waals surface area (Å²) >= 11 is 0. The van der Waals surface area contributed by atoms with E-state index in [0.29, 0.717) is 31.6 Å². The number of nitrogens with zero attached hydrogens (tertiary/aromatic N) is 5. The van der Waals surface area contributed by atoms with Gasteiger partial charge in [0.05, 0.1) is 6.33 Å². The third kappa shape index (κ3) is 9.76. The minimum absolute atomic E-state index is 0.241. The second-order valence-electron chi connectivity index (χ2n) is 14.0. The number of ether oxygens (including phenoxy) is 1. The van der Waals surface area contributed by atoms with Crippen LogP contribution in [0.15, 0.2) is 36.8 Å². The van der Waals surface area contributed by atoms with Gasteiger partial charge in [-0.25, -0.2) is 14.2 Å². The molecule has 0 unspecified atom stereocenters. The smallest absolute Gasteiger partial charge is 0.410 e. The number of carbonyl (C=O) groups excluding carboxylic acids is 4. The highest BCUT2D eigenvalue weighted by Gasteiger charge is 2.41. The van der Waals surface area contributed by atoms with Gasteiger partial charge in [0, 0.05) is 46.0 Å². The van der Waals surface area contributed by atoms with E-state index in [4.69, 9.17) is 4.74 Å². The molecular weight excluding hydrogens is 579 g/mol. The zero-order valence-corrected chi connectivity index (χ0v) is 28.1. The molecule has 1 aromatic carbocycles. The van der Waals surface area contributed by atoms with E-state index in [9.17, 15) is 23.6 Å². The lowest BCUT2D eigenvalue weighted by Crippen LogP contribution is -2.59. The summed E-state index contributed by atoms with van der Waals surface area (Å²) in [5.41, 5.74) is -0.178. The van der Waals surface area contributed by atoms with Gasteiger partial charge in [-0.05, 0) is 70.1 Å². The fourth-order valence-electron chi connectivity index (χ4n) is 5.19. The maximum absolute atomic E-state index is 14.1. The number of hydrogen-bond donors (Lipinski definition) is 1. The Labute approximate surface area is 266 Å². The molecule has 45 heavy (non-hydrogen) atoms. The summed E-state index contributed by atoms with van der Waals surface area (Å²) in [5, 5.41) is 2.90. The molecule has 1 aliphatic heterocycles. The molecule has 0 aliphatic carbocycles. The van der Waals surface area contributed by atoms with E-state index in [2.05, 4.69) is 10.3 Å². The molecule has 248 valence electrons. The number of nitrogens with one attached hydrogen (secondary N) is 1. The number of carbonyl (C=O) groups is 4. The molecular formula is C33H49FN6O5. The Kier molecular flexibility index (Phi) is 11.4. The second kappa shape index (κ2) is 14.4. The number of likely N-dealkylation sites (N-methyl/N-ethyl adjacent to an activating group) is 1. The largest absolute Gasteiger partial charge is 0.444 e. The Bertz CT molecular complexity index is 1350. The molecule has 1 aromatic heterocycles. The highest BCUT2D eigenvalue weighted by molar-refractivity contribution is 5.93. The van der Waals surface area contributed by atoms with Crippen LogP contribution in [-0.2, 0) is 27.8 Å². The number of likely N-dealkylation sites (tertiary alicyclic amines) is 1. The molecule has 2 aromatic rings. The minimum atomic E-state index is -0.884. The van der Waals surface area contributed by atoms with Gasteiger partial charge in [0.25, 0.3) is 5.91 Å². The van der Waals surface area contributed by atoms with Gasteiger partial charge in [-0.3, -0.25) is 19.3 Å². The number of imidazole rings is 1. The average Bonchev–Trinajstić information content (AvgIpc) is 3.60. The maximum Gasteiger partial charge on any atom is 0.410 e. The van der Waals surface area contributed by atoms with Crippen molar-refractivity contribution in [1.29, 1.82) is 0 Å².